The lowest BCUT2D eigenvalue weighted by molar-refractivity contribution is -0.385. The number of hydrogen-bond donors (Lipinski definition) is 3. The first-order valence-corrected chi connectivity index (χ1v) is 14.9. The second kappa shape index (κ2) is 8.55. The van der Waals surface area contributed by atoms with Crippen LogP contribution in [0.5, 0.6) is 0 Å². The molecule has 1 aromatic heterocycles. The first kappa shape index (κ1) is 33.5. The number of nitrogens with zero attached hydrogens (tertiary/aromatic N) is 3. The average Bonchev–Trinajstić information content (AvgIpc) is 2.84. The molecular weight excluding hydrogens is 518 g/mol. The van der Waals surface area contributed by atoms with Gasteiger partial charge in [-0.3, -0.25) is 10.1 Å². The molecular formula is C32H57N5O4. The molecule has 1 aromatic rings. The summed E-state index contributed by atoms with van der Waals surface area (Å²) in [5.74, 6) is 0.472. The fraction of sp³-hybridized carbons (Fsp3) is 0.875. The zero-order valence-corrected chi connectivity index (χ0v) is 29.0. The smallest absolute Gasteiger partial charge is 0.332 e. The molecule has 2 heterocycles. The Morgan fingerprint density at radius 3 is 1.46 bits per heavy atom. The van der Waals surface area contributed by atoms with E-state index in [0.29, 0.717) is 5.95 Å². The van der Waals surface area contributed by atoms with E-state index in [2.05, 4.69) is 113 Å². The zero-order chi connectivity index (χ0) is 32.4. The monoisotopic (exact) mass is 575 g/mol. The number of nitro groups is 1. The predicted octanol–water partition coefficient (Wildman–Crippen LogP) is 7.52. The van der Waals surface area contributed by atoms with Crippen molar-refractivity contribution in [3.05, 3.63) is 15.8 Å². The molecule has 1 saturated carbocycles. The van der Waals surface area contributed by atoms with E-state index in [1.807, 2.05) is 20.8 Å². The van der Waals surface area contributed by atoms with Crippen LogP contribution in [-0.4, -0.2) is 47.9 Å². The molecule has 1 aliphatic carbocycles. The Hall–Kier alpha value is -2.00. The topological polar surface area (TPSA) is 122 Å². The number of hydrogen-bond acceptors (Lipinski definition) is 8. The zero-order valence-electron chi connectivity index (χ0n) is 29.0. The summed E-state index contributed by atoms with van der Waals surface area (Å²) >= 11 is 0. The number of rotatable bonds is 5. The minimum atomic E-state index is -1.01. The van der Waals surface area contributed by atoms with Gasteiger partial charge in [-0.05, 0) is 66.2 Å². The van der Waals surface area contributed by atoms with Crippen LogP contribution in [0.1, 0.15) is 123 Å². The molecule has 1 aliphatic heterocycles. The van der Waals surface area contributed by atoms with Crippen LogP contribution in [-0.2, 0) is 4.74 Å². The Morgan fingerprint density at radius 2 is 1.10 bits per heavy atom. The van der Waals surface area contributed by atoms with Crippen molar-refractivity contribution in [1.82, 2.24) is 9.97 Å². The largest absolute Gasteiger partial charge is 0.389 e. The fourth-order valence-electron chi connectivity index (χ4n) is 8.26. The van der Waals surface area contributed by atoms with E-state index in [1.165, 1.54) is 0 Å². The van der Waals surface area contributed by atoms with Gasteiger partial charge in [-0.15, -0.1) is 0 Å². The molecule has 0 radical (unpaired) electrons. The van der Waals surface area contributed by atoms with Crippen molar-refractivity contribution in [3.63, 3.8) is 0 Å². The Kier molecular flexibility index (Phi) is 6.99. The molecule has 234 valence electrons. The molecule has 3 rings (SSSR count). The summed E-state index contributed by atoms with van der Waals surface area (Å²) in [6.07, 6.45) is 0. The minimum absolute atomic E-state index is 0.149. The second-order valence-corrected chi connectivity index (χ2v) is 16.9. The van der Waals surface area contributed by atoms with Crippen molar-refractivity contribution in [2.24, 2.45) is 27.1 Å². The van der Waals surface area contributed by atoms with E-state index < -0.39 is 59.9 Å². The van der Waals surface area contributed by atoms with Gasteiger partial charge in [-0.25, -0.2) is 4.98 Å². The third kappa shape index (κ3) is 3.72. The molecule has 1 saturated heterocycles. The van der Waals surface area contributed by atoms with E-state index in [-0.39, 0.29) is 17.2 Å². The van der Waals surface area contributed by atoms with Crippen LogP contribution < -0.4 is 10.6 Å². The van der Waals surface area contributed by atoms with E-state index in [9.17, 15) is 15.2 Å². The van der Waals surface area contributed by atoms with E-state index >= 15 is 0 Å². The molecule has 3 N–H and O–H groups in total. The quantitative estimate of drug-likeness (QED) is 0.243. The van der Waals surface area contributed by atoms with Crippen LogP contribution in [0.2, 0.25) is 0 Å². The summed E-state index contributed by atoms with van der Waals surface area (Å²) in [4.78, 5) is 21.5. The van der Waals surface area contributed by atoms with Gasteiger partial charge in [0.2, 0.25) is 11.8 Å². The number of aliphatic hydroxyl groups is 1. The van der Waals surface area contributed by atoms with Gasteiger partial charge in [0.1, 0.15) is 5.69 Å². The van der Waals surface area contributed by atoms with Crippen molar-refractivity contribution in [2.45, 2.75) is 153 Å². The molecule has 2 fully saturated rings. The molecule has 1 atom stereocenters. The minimum Gasteiger partial charge on any atom is -0.389 e. The summed E-state index contributed by atoms with van der Waals surface area (Å²) in [6, 6.07) is 0. The number of ether oxygens (including phenoxy) is 1. The summed E-state index contributed by atoms with van der Waals surface area (Å²) in [5, 5.41) is 31.7. The molecule has 9 nitrogen and oxygen atoms in total. The number of aromatic nitrogens is 2. The Morgan fingerprint density at radius 1 is 0.659 bits per heavy atom. The van der Waals surface area contributed by atoms with Crippen molar-refractivity contribution in [3.8, 4) is 0 Å². The molecule has 1 unspecified atom stereocenters. The van der Waals surface area contributed by atoms with Gasteiger partial charge in [0.05, 0.1) is 27.3 Å². The standard InChI is InChI=1S/C32H57N5O4/c1-19-20(37(39)40)21(35-31(17)27(10,11)28(12,13)41-29(31,14)15)34-22(33-19)36-30(16)23(2,3)25(6,7)32(18,38)26(8,9)24(30,4)5/h38H,1-18H3,(H2,33,34,35,36). The Bertz CT molecular complexity index is 1230. The van der Waals surface area contributed by atoms with Crippen LogP contribution in [0.25, 0.3) is 0 Å². The number of nitrogens with one attached hydrogen (secondary N) is 2. The molecule has 41 heavy (non-hydrogen) atoms. The third-order valence-electron chi connectivity index (χ3n) is 14.5. The van der Waals surface area contributed by atoms with E-state index in [4.69, 9.17) is 9.72 Å². The highest BCUT2D eigenvalue weighted by Gasteiger charge is 2.75. The summed E-state index contributed by atoms with van der Waals surface area (Å²) < 4.78 is 6.54. The first-order chi connectivity index (χ1) is 17.8. The molecule has 0 spiro atoms. The van der Waals surface area contributed by atoms with Crippen LogP contribution in [0.3, 0.4) is 0 Å². The maximum absolute atomic E-state index is 12.4. The lowest BCUT2D eigenvalue weighted by atomic mass is 9.33. The molecule has 0 aromatic carbocycles. The van der Waals surface area contributed by atoms with Crippen LogP contribution >= 0.6 is 0 Å². The Labute approximate surface area is 248 Å². The summed E-state index contributed by atoms with van der Waals surface area (Å²) in [7, 11) is 0. The Balaban J connectivity index is 2.27. The van der Waals surface area contributed by atoms with Gasteiger partial charge in [-0.1, -0.05) is 69.2 Å². The maximum atomic E-state index is 12.4. The predicted molar refractivity (Wildman–Crippen MR) is 166 cm³/mol. The highest BCUT2D eigenvalue weighted by Crippen LogP contribution is 2.72. The lowest BCUT2D eigenvalue weighted by Crippen LogP contribution is -2.80. The van der Waals surface area contributed by atoms with Gasteiger partial charge in [-0.2, -0.15) is 4.98 Å². The van der Waals surface area contributed by atoms with Crippen molar-refractivity contribution >= 4 is 17.5 Å². The van der Waals surface area contributed by atoms with Crippen LogP contribution in [0.4, 0.5) is 17.5 Å². The van der Waals surface area contributed by atoms with Crippen molar-refractivity contribution in [1.29, 1.82) is 0 Å². The van der Waals surface area contributed by atoms with Crippen LogP contribution in [0, 0.1) is 44.1 Å². The van der Waals surface area contributed by atoms with Crippen molar-refractivity contribution in [2.75, 3.05) is 10.6 Å². The molecule has 9 heteroatoms. The first-order valence-electron chi connectivity index (χ1n) is 14.9. The SMILES string of the molecule is Cc1nc(NC2(C)C(C)(C)C(C)(C)C(C)(O)C(C)(C)C2(C)C)nc(NC2(C)C(C)(C)OC(C)(C)C2(C)C)c1[N+](=O)[O-]. The van der Waals surface area contributed by atoms with Gasteiger partial charge in [0, 0.05) is 21.8 Å². The molecule has 0 bridgehead atoms. The van der Waals surface area contributed by atoms with Gasteiger partial charge >= 0.3 is 5.69 Å². The van der Waals surface area contributed by atoms with Crippen molar-refractivity contribution < 1.29 is 14.8 Å². The normalized spacial score (nSPS) is 35.5. The average molecular weight is 576 g/mol. The fourth-order valence-corrected chi connectivity index (χ4v) is 8.26. The van der Waals surface area contributed by atoms with Crippen LogP contribution in [0.15, 0.2) is 0 Å². The maximum Gasteiger partial charge on any atom is 0.332 e. The van der Waals surface area contributed by atoms with Gasteiger partial charge in [0.15, 0.2) is 0 Å². The summed E-state index contributed by atoms with van der Waals surface area (Å²) in [5.41, 5.74) is -5.87. The molecule has 2 aliphatic rings. The number of aryl methyl sites for hydroxylation is 1. The number of anilines is 2. The highest BCUT2D eigenvalue weighted by molar-refractivity contribution is 5.63. The molecule has 0 amide bonds. The van der Waals surface area contributed by atoms with Gasteiger partial charge < -0.3 is 20.5 Å². The van der Waals surface area contributed by atoms with E-state index in [0.717, 1.165) is 0 Å². The lowest BCUT2D eigenvalue weighted by Gasteiger charge is -2.75. The third-order valence-corrected chi connectivity index (χ3v) is 14.5. The van der Waals surface area contributed by atoms with E-state index in [1.54, 1.807) is 6.92 Å². The summed E-state index contributed by atoms with van der Waals surface area (Å²) in [6.45, 7) is 37.4. The highest BCUT2D eigenvalue weighted by atomic mass is 16.6. The van der Waals surface area contributed by atoms with Gasteiger partial charge in [0.25, 0.3) is 0 Å². The second-order valence-electron chi connectivity index (χ2n) is 16.9.